The van der Waals surface area contributed by atoms with Gasteiger partial charge in [-0.2, -0.15) is 9.97 Å². The molecule has 2 aliphatic heterocycles. The van der Waals surface area contributed by atoms with Gasteiger partial charge in [-0.25, -0.2) is 9.97 Å². The molecule has 2 atom stereocenters. The van der Waals surface area contributed by atoms with Crippen LogP contribution in [0.2, 0.25) is 0 Å². The van der Waals surface area contributed by atoms with E-state index in [9.17, 15) is 4.79 Å². The number of morpholine rings is 1. The summed E-state index contributed by atoms with van der Waals surface area (Å²) in [5, 5.41) is 3.48. The smallest absolute Gasteiger partial charge is 0.239 e. The molecule has 2 unspecified atom stereocenters. The van der Waals surface area contributed by atoms with Gasteiger partial charge < -0.3 is 24.3 Å². The maximum atomic E-state index is 11.6. The fraction of sp³-hybridized carbons (Fsp3) is 0.552. The molecule has 40 heavy (non-hydrogen) atoms. The summed E-state index contributed by atoms with van der Waals surface area (Å²) in [5.74, 6) is 3.80. The number of imidazole rings is 2. The molecular formula is C29H39N9O2. The second-order valence-corrected chi connectivity index (χ2v) is 11.2. The Hall–Kier alpha value is -3.41. The minimum atomic E-state index is -0.138. The van der Waals surface area contributed by atoms with E-state index in [1.165, 1.54) is 0 Å². The molecule has 0 bridgehead atoms. The average molecular weight is 546 g/mol. The SMILES string of the molecule is CCc1nc2ccccc2n1-c1nc(N2CCOCC2)c2nc(CCN3CC(C=O)NC(C(C)C)C3)n(C)c2n1. The predicted octanol–water partition coefficient (Wildman–Crippen LogP) is 2.14. The molecule has 1 N–H and O–H groups in total. The number of aryl methyl sites for hydroxylation is 2. The summed E-state index contributed by atoms with van der Waals surface area (Å²) in [5.41, 5.74) is 3.56. The standard InChI is InChI=1S/C29H39N9O2/c1-5-24-31-21-8-6-7-9-23(21)38(24)29-33-27-26(28(34-29)37-12-14-40-15-13-37)32-25(35(27)4)10-11-36-16-20(18-39)30-22(17-36)19(2)3/h6-9,18-20,22,30H,5,10-17H2,1-4H3. The van der Waals surface area contributed by atoms with E-state index in [0.717, 1.165) is 85.0 Å². The molecule has 0 radical (unpaired) electrons. The topological polar surface area (TPSA) is 106 Å². The lowest BCUT2D eigenvalue weighted by molar-refractivity contribution is -0.111. The van der Waals surface area contributed by atoms with Crippen molar-refractivity contribution in [2.75, 3.05) is 50.8 Å². The number of carbonyl (C=O) groups excluding carboxylic acids is 1. The van der Waals surface area contributed by atoms with Crippen LogP contribution in [0.1, 0.15) is 32.4 Å². The first-order valence-electron chi connectivity index (χ1n) is 14.4. The minimum Gasteiger partial charge on any atom is -0.378 e. The number of ether oxygens (including phenoxy) is 1. The highest BCUT2D eigenvalue weighted by atomic mass is 16.5. The van der Waals surface area contributed by atoms with E-state index in [1.54, 1.807) is 0 Å². The van der Waals surface area contributed by atoms with Gasteiger partial charge >= 0.3 is 0 Å². The van der Waals surface area contributed by atoms with Crippen LogP contribution in [-0.4, -0.2) is 98.3 Å². The number of carbonyl (C=O) groups is 1. The van der Waals surface area contributed by atoms with Gasteiger partial charge in [0.1, 0.15) is 17.9 Å². The highest BCUT2D eigenvalue weighted by Crippen LogP contribution is 2.28. The van der Waals surface area contributed by atoms with Crippen molar-refractivity contribution in [2.24, 2.45) is 13.0 Å². The molecule has 0 saturated carbocycles. The van der Waals surface area contributed by atoms with E-state index in [1.807, 2.05) is 25.2 Å². The third-order valence-electron chi connectivity index (χ3n) is 8.20. The number of aldehydes is 1. The number of para-hydroxylation sites is 2. The zero-order valence-corrected chi connectivity index (χ0v) is 23.9. The van der Waals surface area contributed by atoms with E-state index in [2.05, 4.69) is 51.1 Å². The Morgan fingerprint density at radius 2 is 1.88 bits per heavy atom. The van der Waals surface area contributed by atoms with Crippen LogP contribution in [0.15, 0.2) is 24.3 Å². The Labute approximate surface area is 234 Å². The number of rotatable bonds is 8. The number of hydrogen-bond acceptors (Lipinski definition) is 9. The Morgan fingerprint density at radius 3 is 2.62 bits per heavy atom. The van der Waals surface area contributed by atoms with Crippen molar-refractivity contribution < 1.29 is 9.53 Å². The molecule has 1 aromatic carbocycles. The van der Waals surface area contributed by atoms with Crippen LogP contribution >= 0.6 is 0 Å². The molecule has 3 aromatic heterocycles. The van der Waals surface area contributed by atoms with Crippen molar-refractivity contribution in [3.63, 3.8) is 0 Å². The number of benzene rings is 1. The third-order valence-corrected chi connectivity index (χ3v) is 8.20. The number of nitrogens with zero attached hydrogens (tertiary/aromatic N) is 8. The zero-order valence-electron chi connectivity index (χ0n) is 23.9. The number of piperazine rings is 1. The molecule has 0 aliphatic carbocycles. The molecule has 6 rings (SSSR count). The molecule has 0 amide bonds. The van der Waals surface area contributed by atoms with Crippen LogP contribution in [0.25, 0.3) is 28.1 Å². The van der Waals surface area contributed by atoms with Crippen molar-refractivity contribution in [1.29, 1.82) is 0 Å². The molecule has 2 aliphatic rings. The summed E-state index contributed by atoms with van der Waals surface area (Å²) in [4.78, 5) is 36.5. The minimum absolute atomic E-state index is 0.138. The lowest BCUT2D eigenvalue weighted by Gasteiger charge is -2.38. The summed E-state index contributed by atoms with van der Waals surface area (Å²) in [6.07, 6.45) is 2.56. The van der Waals surface area contributed by atoms with Crippen molar-refractivity contribution >= 4 is 34.3 Å². The second-order valence-electron chi connectivity index (χ2n) is 11.2. The monoisotopic (exact) mass is 545 g/mol. The van der Waals surface area contributed by atoms with Gasteiger partial charge in [0.05, 0.1) is 30.3 Å². The van der Waals surface area contributed by atoms with Gasteiger partial charge in [0, 0.05) is 58.7 Å². The zero-order chi connectivity index (χ0) is 27.8. The van der Waals surface area contributed by atoms with Crippen LogP contribution < -0.4 is 10.2 Å². The summed E-state index contributed by atoms with van der Waals surface area (Å²) >= 11 is 0. The Morgan fingerprint density at radius 1 is 1.07 bits per heavy atom. The van der Waals surface area contributed by atoms with Crippen molar-refractivity contribution in [3.8, 4) is 5.95 Å². The fourth-order valence-electron chi connectivity index (χ4n) is 5.87. The quantitative estimate of drug-likeness (QED) is 0.333. The van der Waals surface area contributed by atoms with Crippen molar-refractivity contribution in [2.45, 2.75) is 45.7 Å². The number of nitrogens with one attached hydrogen (secondary N) is 1. The molecule has 11 heteroatoms. The number of hydrogen-bond donors (Lipinski definition) is 1. The first kappa shape index (κ1) is 26.8. The molecular weight excluding hydrogens is 506 g/mol. The van der Waals surface area contributed by atoms with Crippen molar-refractivity contribution in [3.05, 3.63) is 35.9 Å². The van der Waals surface area contributed by atoms with Gasteiger partial charge in [0.25, 0.3) is 0 Å². The molecule has 0 spiro atoms. The average Bonchev–Trinajstić information content (AvgIpc) is 3.53. The predicted molar refractivity (Wildman–Crippen MR) is 155 cm³/mol. The second kappa shape index (κ2) is 11.2. The van der Waals surface area contributed by atoms with Gasteiger partial charge in [-0.15, -0.1) is 0 Å². The van der Waals surface area contributed by atoms with Crippen LogP contribution in [0.5, 0.6) is 0 Å². The Balaban J connectivity index is 1.39. The molecule has 2 saturated heterocycles. The first-order chi connectivity index (χ1) is 19.5. The Kier molecular flexibility index (Phi) is 7.52. The third kappa shape index (κ3) is 4.97. The van der Waals surface area contributed by atoms with Crippen LogP contribution in [-0.2, 0) is 29.4 Å². The van der Waals surface area contributed by atoms with E-state index in [4.69, 9.17) is 24.7 Å². The molecule has 11 nitrogen and oxygen atoms in total. The summed E-state index contributed by atoms with van der Waals surface area (Å²) in [6.45, 7) is 11.8. The Bertz CT molecular complexity index is 1500. The van der Waals surface area contributed by atoms with Crippen LogP contribution in [0, 0.1) is 5.92 Å². The van der Waals surface area contributed by atoms with Gasteiger partial charge in [0.15, 0.2) is 17.0 Å². The van der Waals surface area contributed by atoms with E-state index in [0.29, 0.717) is 37.7 Å². The van der Waals surface area contributed by atoms with Gasteiger partial charge in [0.2, 0.25) is 5.95 Å². The molecule has 2 fully saturated rings. The highest BCUT2D eigenvalue weighted by Gasteiger charge is 2.29. The fourth-order valence-corrected chi connectivity index (χ4v) is 5.87. The van der Waals surface area contributed by atoms with E-state index < -0.39 is 0 Å². The molecule has 212 valence electrons. The largest absolute Gasteiger partial charge is 0.378 e. The first-order valence-corrected chi connectivity index (χ1v) is 14.4. The van der Waals surface area contributed by atoms with E-state index >= 15 is 0 Å². The van der Waals surface area contributed by atoms with Gasteiger partial charge in [-0.05, 0) is 18.1 Å². The maximum Gasteiger partial charge on any atom is 0.239 e. The number of fused-ring (bicyclic) bond motifs is 2. The summed E-state index contributed by atoms with van der Waals surface area (Å²) in [7, 11) is 2.04. The van der Waals surface area contributed by atoms with Crippen LogP contribution in [0.4, 0.5) is 5.82 Å². The normalized spacial score (nSPS) is 20.7. The number of aromatic nitrogens is 6. The summed E-state index contributed by atoms with van der Waals surface area (Å²) < 4.78 is 9.83. The lowest BCUT2D eigenvalue weighted by Crippen LogP contribution is -2.59. The van der Waals surface area contributed by atoms with Crippen LogP contribution in [0.3, 0.4) is 0 Å². The maximum absolute atomic E-state index is 11.6. The van der Waals surface area contributed by atoms with Crippen molar-refractivity contribution in [1.82, 2.24) is 39.3 Å². The molecule has 5 heterocycles. The van der Waals surface area contributed by atoms with Gasteiger partial charge in [-0.1, -0.05) is 32.9 Å². The number of anilines is 1. The summed E-state index contributed by atoms with van der Waals surface area (Å²) in [6, 6.07) is 8.30. The lowest BCUT2D eigenvalue weighted by atomic mass is 9.99. The highest BCUT2D eigenvalue weighted by molar-refractivity contribution is 5.86. The van der Waals surface area contributed by atoms with Gasteiger partial charge in [-0.3, -0.25) is 9.47 Å². The van der Waals surface area contributed by atoms with E-state index in [-0.39, 0.29) is 6.04 Å². The molecule has 4 aromatic rings.